The van der Waals surface area contributed by atoms with Gasteiger partial charge >= 0.3 is 0 Å². The quantitative estimate of drug-likeness (QED) is 0.315. The molecule has 31 heavy (non-hydrogen) atoms. The summed E-state index contributed by atoms with van der Waals surface area (Å²) in [4.78, 5) is 17.3. The van der Waals surface area contributed by atoms with Gasteiger partial charge in [-0.05, 0) is 49.6 Å². The van der Waals surface area contributed by atoms with E-state index in [4.69, 9.17) is 5.41 Å². The van der Waals surface area contributed by atoms with Crippen LogP contribution in [0.3, 0.4) is 0 Å². The van der Waals surface area contributed by atoms with Crippen LogP contribution in [-0.2, 0) is 11.2 Å². The molecule has 2 aromatic carbocycles. The Morgan fingerprint density at radius 2 is 2.00 bits per heavy atom. The molecule has 158 valence electrons. The number of benzene rings is 2. The van der Waals surface area contributed by atoms with Crippen molar-refractivity contribution in [3.8, 4) is 5.69 Å². The Morgan fingerprint density at radius 3 is 2.77 bits per heavy atom. The van der Waals surface area contributed by atoms with Crippen molar-refractivity contribution in [1.82, 2.24) is 19.7 Å². The predicted molar refractivity (Wildman–Crippen MR) is 124 cm³/mol. The van der Waals surface area contributed by atoms with Crippen LogP contribution in [0.25, 0.3) is 16.7 Å². The number of hydrogen-bond acceptors (Lipinski definition) is 5. The van der Waals surface area contributed by atoms with Crippen molar-refractivity contribution in [2.45, 2.75) is 32.3 Å². The second-order valence-corrected chi connectivity index (χ2v) is 8.26. The molecule has 0 aliphatic carbocycles. The Labute approximate surface area is 184 Å². The SMILES string of the molecule is CCc1ccccc1-n1c(SCC(=O)Nc2cccc(C)c2)nc2n[nH]c(C)c2c1=N. The average molecular weight is 433 g/mol. The summed E-state index contributed by atoms with van der Waals surface area (Å²) < 4.78 is 1.81. The number of fused-ring (bicyclic) bond motifs is 1. The maximum Gasteiger partial charge on any atom is 0.234 e. The predicted octanol–water partition coefficient (Wildman–Crippen LogP) is 4.14. The van der Waals surface area contributed by atoms with Gasteiger partial charge in [-0.3, -0.25) is 19.9 Å². The van der Waals surface area contributed by atoms with E-state index in [2.05, 4.69) is 27.4 Å². The smallest absolute Gasteiger partial charge is 0.234 e. The van der Waals surface area contributed by atoms with Crippen molar-refractivity contribution in [1.29, 1.82) is 5.41 Å². The number of hydrogen-bond donors (Lipinski definition) is 3. The number of H-pyrrole nitrogens is 1. The summed E-state index contributed by atoms with van der Waals surface area (Å²) in [7, 11) is 0. The number of thioether (sulfide) groups is 1. The van der Waals surface area contributed by atoms with E-state index in [1.54, 1.807) is 0 Å². The van der Waals surface area contributed by atoms with Gasteiger partial charge in [-0.1, -0.05) is 49.0 Å². The first-order valence-corrected chi connectivity index (χ1v) is 11.1. The zero-order chi connectivity index (χ0) is 22.0. The summed E-state index contributed by atoms with van der Waals surface area (Å²) in [6.45, 7) is 5.95. The fourth-order valence-electron chi connectivity index (χ4n) is 3.53. The highest BCUT2D eigenvalue weighted by Gasteiger charge is 2.17. The van der Waals surface area contributed by atoms with Crippen molar-refractivity contribution in [3.63, 3.8) is 0 Å². The van der Waals surface area contributed by atoms with Crippen LogP contribution in [0.15, 0.2) is 53.7 Å². The Bertz CT molecular complexity index is 1320. The molecule has 0 atom stereocenters. The molecule has 0 aliphatic rings. The minimum atomic E-state index is -0.127. The number of para-hydroxylation sites is 1. The molecule has 0 saturated heterocycles. The van der Waals surface area contributed by atoms with E-state index in [1.165, 1.54) is 11.8 Å². The Kier molecular flexibility index (Phi) is 5.90. The van der Waals surface area contributed by atoms with E-state index < -0.39 is 0 Å². The Morgan fingerprint density at radius 1 is 1.19 bits per heavy atom. The lowest BCUT2D eigenvalue weighted by atomic mass is 10.1. The zero-order valence-corrected chi connectivity index (χ0v) is 18.5. The molecule has 0 fully saturated rings. The molecule has 7 nitrogen and oxygen atoms in total. The molecule has 0 spiro atoms. The third-order valence-electron chi connectivity index (χ3n) is 5.03. The molecule has 2 aromatic heterocycles. The van der Waals surface area contributed by atoms with Gasteiger partial charge < -0.3 is 5.32 Å². The van der Waals surface area contributed by atoms with E-state index >= 15 is 0 Å². The van der Waals surface area contributed by atoms with E-state index in [1.807, 2.05) is 66.9 Å². The standard InChI is InChI=1S/C23H24N6OS/c1-4-16-9-5-6-11-18(16)29-21(24)20-15(3)27-28-22(20)26-23(29)31-13-19(30)25-17-10-7-8-14(2)12-17/h5-12,24H,4,13H2,1-3H3,(H,25,30)(H,27,28). The molecular weight excluding hydrogens is 408 g/mol. The van der Waals surface area contributed by atoms with Crippen LogP contribution < -0.4 is 10.8 Å². The zero-order valence-electron chi connectivity index (χ0n) is 17.7. The van der Waals surface area contributed by atoms with Crippen LogP contribution in [0.1, 0.15) is 23.7 Å². The molecule has 1 amide bonds. The number of amides is 1. The van der Waals surface area contributed by atoms with Crippen LogP contribution in [0, 0.1) is 19.3 Å². The van der Waals surface area contributed by atoms with Crippen LogP contribution in [0.4, 0.5) is 5.69 Å². The van der Waals surface area contributed by atoms with Crippen LogP contribution in [-0.4, -0.2) is 31.4 Å². The highest BCUT2D eigenvalue weighted by molar-refractivity contribution is 7.99. The van der Waals surface area contributed by atoms with E-state index in [0.29, 0.717) is 21.7 Å². The number of anilines is 1. The summed E-state index contributed by atoms with van der Waals surface area (Å²) in [6, 6.07) is 15.7. The lowest BCUT2D eigenvalue weighted by Crippen LogP contribution is -2.24. The molecule has 0 unspecified atom stereocenters. The number of rotatable bonds is 6. The molecule has 2 heterocycles. The minimum Gasteiger partial charge on any atom is -0.325 e. The molecule has 4 aromatic rings. The average Bonchev–Trinajstić information content (AvgIpc) is 3.13. The highest BCUT2D eigenvalue weighted by Crippen LogP contribution is 2.24. The third kappa shape index (κ3) is 4.25. The van der Waals surface area contributed by atoms with Crippen molar-refractivity contribution in [2.75, 3.05) is 11.1 Å². The van der Waals surface area contributed by atoms with Crippen LogP contribution in [0.2, 0.25) is 0 Å². The second kappa shape index (κ2) is 8.77. The lowest BCUT2D eigenvalue weighted by Gasteiger charge is -2.16. The maximum absolute atomic E-state index is 12.6. The maximum atomic E-state index is 12.6. The molecule has 4 rings (SSSR count). The summed E-state index contributed by atoms with van der Waals surface area (Å²) in [5, 5.41) is 20.2. The number of nitrogens with zero attached hydrogens (tertiary/aromatic N) is 3. The number of carbonyl (C=O) groups is 1. The molecule has 3 N–H and O–H groups in total. The van der Waals surface area contributed by atoms with Gasteiger partial charge in [-0.2, -0.15) is 5.10 Å². The highest BCUT2D eigenvalue weighted by atomic mass is 32.2. The van der Waals surface area contributed by atoms with Crippen molar-refractivity contribution >= 4 is 34.4 Å². The summed E-state index contributed by atoms with van der Waals surface area (Å²) >= 11 is 1.30. The topological polar surface area (TPSA) is 99.4 Å². The van der Waals surface area contributed by atoms with Gasteiger partial charge in [0.15, 0.2) is 10.8 Å². The van der Waals surface area contributed by atoms with Gasteiger partial charge in [-0.15, -0.1) is 0 Å². The summed E-state index contributed by atoms with van der Waals surface area (Å²) in [5.74, 6) is 0.0430. The Balaban J connectivity index is 1.71. The van der Waals surface area contributed by atoms with Crippen molar-refractivity contribution < 1.29 is 4.79 Å². The molecule has 0 aliphatic heterocycles. The summed E-state index contributed by atoms with van der Waals surface area (Å²) in [6.07, 6.45) is 0.822. The van der Waals surface area contributed by atoms with Gasteiger partial charge in [-0.25, -0.2) is 4.98 Å². The van der Waals surface area contributed by atoms with E-state index in [0.717, 1.165) is 34.6 Å². The van der Waals surface area contributed by atoms with Gasteiger partial charge in [0.2, 0.25) is 5.91 Å². The van der Waals surface area contributed by atoms with Gasteiger partial charge in [0.1, 0.15) is 5.49 Å². The lowest BCUT2D eigenvalue weighted by molar-refractivity contribution is -0.113. The van der Waals surface area contributed by atoms with Gasteiger partial charge in [0.05, 0.1) is 16.8 Å². The number of aryl methyl sites for hydroxylation is 3. The summed E-state index contributed by atoms with van der Waals surface area (Å²) in [5.41, 5.74) is 5.43. The number of carbonyl (C=O) groups excluding carboxylic acids is 1. The van der Waals surface area contributed by atoms with Crippen molar-refractivity contribution in [2.24, 2.45) is 0 Å². The molecule has 8 heteroatoms. The first-order valence-electron chi connectivity index (χ1n) is 10.1. The van der Waals surface area contributed by atoms with Gasteiger partial charge in [0.25, 0.3) is 0 Å². The minimum absolute atomic E-state index is 0.127. The monoisotopic (exact) mass is 432 g/mol. The van der Waals surface area contributed by atoms with Gasteiger partial charge in [0, 0.05) is 11.4 Å². The first kappa shape index (κ1) is 20.9. The fraction of sp³-hybridized carbons (Fsp3) is 0.217. The number of nitrogens with one attached hydrogen (secondary N) is 3. The third-order valence-corrected chi connectivity index (χ3v) is 5.97. The fourth-order valence-corrected chi connectivity index (χ4v) is 4.33. The van der Waals surface area contributed by atoms with E-state index in [9.17, 15) is 4.79 Å². The number of aromatic amines is 1. The largest absolute Gasteiger partial charge is 0.325 e. The van der Waals surface area contributed by atoms with Crippen molar-refractivity contribution in [3.05, 3.63) is 70.8 Å². The number of aromatic nitrogens is 4. The second-order valence-electron chi connectivity index (χ2n) is 7.31. The molecular formula is C23H24N6OS. The van der Waals surface area contributed by atoms with Crippen LogP contribution in [0.5, 0.6) is 0 Å². The van der Waals surface area contributed by atoms with E-state index in [-0.39, 0.29) is 11.7 Å². The molecule has 0 bridgehead atoms. The molecule has 0 saturated carbocycles. The molecule has 0 radical (unpaired) electrons. The normalized spacial score (nSPS) is 11.1. The Hall–Kier alpha value is -3.39. The van der Waals surface area contributed by atoms with Crippen LogP contribution >= 0.6 is 11.8 Å². The first-order chi connectivity index (χ1) is 15.0.